The van der Waals surface area contributed by atoms with Crippen molar-refractivity contribution >= 4 is 6.41 Å². The highest BCUT2D eigenvalue weighted by atomic mass is 19.4. The Morgan fingerprint density at radius 3 is 2.57 bits per heavy atom. The van der Waals surface area contributed by atoms with Crippen molar-refractivity contribution in [2.45, 2.75) is 30.9 Å². The van der Waals surface area contributed by atoms with Gasteiger partial charge < -0.3 is 10.1 Å². The highest BCUT2D eigenvalue weighted by molar-refractivity contribution is 5.70. The number of amides is 1. The molecule has 4 nitrogen and oxygen atoms in total. The van der Waals surface area contributed by atoms with E-state index < -0.39 is 24.5 Å². The third-order valence-corrected chi connectivity index (χ3v) is 5.30. The van der Waals surface area contributed by atoms with Gasteiger partial charge in [-0.05, 0) is 49.1 Å². The van der Waals surface area contributed by atoms with E-state index in [2.05, 4.69) is 10.3 Å². The van der Waals surface area contributed by atoms with Crippen molar-refractivity contribution in [1.29, 1.82) is 0 Å². The van der Waals surface area contributed by atoms with Crippen LogP contribution >= 0.6 is 0 Å². The zero-order valence-electron chi connectivity index (χ0n) is 14.8. The fraction of sp³-hybridized carbons (Fsp3) is 0.400. The number of hydrogen-bond acceptors (Lipinski definition) is 3. The number of carbonyl (C=O) groups is 1. The molecule has 0 spiro atoms. The summed E-state index contributed by atoms with van der Waals surface area (Å²) in [4.78, 5) is 15.3. The third kappa shape index (κ3) is 3.55. The molecular weight excluding hydrogens is 376 g/mol. The molecule has 1 aliphatic carbocycles. The molecule has 148 valence electrons. The quantitative estimate of drug-likeness (QED) is 0.591. The van der Waals surface area contributed by atoms with Gasteiger partial charge in [0, 0.05) is 29.3 Å². The lowest BCUT2D eigenvalue weighted by Crippen LogP contribution is -2.24. The molecule has 8 heteroatoms. The number of nitrogens with zero attached hydrogens (tertiary/aromatic N) is 1. The van der Waals surface area contributed by atoms with Crippen LogP contribution in [0, 0.1) is 11.7 Å². The van der Waals surface area contributed by atoms with Gasteiger partial charge in [0.15, 0.2) is 0 Å². The van der Waals surface area contributed by atoms with Gasteiger partial charge in [-0.25, -0.2) is 9.37 Å². The topological polar surface area (TPSA) is 51.2 Å². The molecule has 28 heavy (non-hydrogen) atoms. The van der Waals surface area contributed by atoms with E-state index in [0.717, 1.165) is 12.8 Å². The van der Waals surface area contributed by atoms with Gasteiger partial charge in [-0.15, -0.1) is 0 Å². The van der Waals surface area contributed by atoms with E-state index in [1.165, 1.54) is 30.3 Å². The smallest absolute Gasteiger partial charge is 0.399 e. The number of rotatable bonds is 6. The maximum absolute atomic E-state index is 13.5. The zero-order chi connectivity index (χ0) is 19.9. The summed E-state index contributed by atoms with van der Waals surface area (Å²) in [6, 6.07) is 6.88. The fourth-order valence-corrected chi connectivity index (χ4v) is 3.69. The zero-order valence-corrected chi connectivity index (χ0v) is 14.8. The first-order chi connectivity index (χ1) is 13.4. The Morgan fingerprint density at radius 2 is 1.96 bits per heavy atom. The van der Waals surface area contributed by atoms with Crippen molar-refractivity contribution in [1.82, 2.24) is 10.3 Å². The minimum absolute atomic E-state index is 0.0496. The lowest BCUT2D eigenvalue weighted by atomic mass is 9.92. The third-order valence-electron chi connectivity index (χ3n) is 5.30. The highest BCUT2D eigenvalue weighted by Crippen LogP contribution is 2.50. The van der Waals surface area contributed by atoms with E-state index in [4.69, 9.17) is 4.74 Å². The molecule has 1 aromatic heterocycles. The molecule has 2 aromatic rings. The number of benzene rings is 1. The van der Waals surface area contributed by atoms with Gasteiger partial charge in [-0.1, -0.05) is 0 Å². The van der Waals surface area contributed by atoms with Crippen molar-refractivity contribution in [3.8, 4) is 17.0 Å². The summed E-state index contributed by atoms with van der Waals surface area (Å²) in [5, 5.41) is 2.62. The van der Waals surface area contributed by atoms with Gasteiger partial charge in [0.05, 0.1) is 0 Å². The molecule has 1 N–H and O–H groups in total. The first-order valence-electron chi connectivity index (χ1n) is 9.05. The number of alkyl halides is 3. The number of pyridine rings is 1. The Hall–Kier alpha value is -2.64. The predicted octanol–water partition coefficient (Wildman–Crippen LogP) is 4.17. The normalized spacial score (nSPS) is 19.6. The molecule has 1 saturated carbocycles. The summed E-state index contributed by atoms with van der Waals surface area (Å²) >= 11 is 0. The van der Waals surface area contributed by atoms with E-state index in [9.17, 15) is 22.4 Å². The number of ether oxygens (including phenoxy) is 1. The van der Waals surface area contributed by atoms with E-state index in [-0.39, 0.29) is 28.8 Å². The Balaban J connectivity index is 1.84. The van der Waals surface area contributed by atoms with Crippen LogP contribution in [0.5, 0.6) is 5.75 Å². The fourth-order valence-electron chi connectivity index (χ4n) is 3.69. The lowest BCUT2D eigenvalue weighted by molar-refractivity contribution is -0.151. The Morgan fingerprint density at radius 1 is 1.25 bits per heavy atom. The highest BCUT2D eigenvalue weighted by Gasteiger charge is 2.47. The van der Waals surface area contributed by atoms with Crippen LogP contribution in [0.15, 0.2) is 30.3 Å². The summed E-state index contributed by atoms with van der Waals surface area (Å²) in [6.45, 7) is -0.195. The van der Waals surface area contributed by atoms with Crippen LogP contribution in [0.3, 0.4) is 0 Å². The Labute approximate surface area is 158 Å². The molecule has 1 aromatic carbocycles. The molecule has 0 bridgehead atoms. The monoisotopic (exact) mass is 394 g/mol. The Bertz CT molecular complexity index is 879. The second-order valence-electron chi connectivity index (χ2n) is 7.20. The van der Waals surface area contributed by atoms with Crippen molar-refractivity contribution < 1.29 is 27.1 Å². The van der Waals surface area contributed by atoms with Crippen molar-refractivity contribution in [2.24, 2.45) is 5.92 Å². The van der Waals surface area contributed by atoms with Crippen LogP contribution in [0.2, 0.25) is 0 Å². The first-order valence-corrected chi connectivity index (χ1v) is 9.05. The van der Waals surface area contributed by atoms with Crippen molar-refractivity contribution in [2.75, 3.05) is 13.2 Å². The van der Waals surface area contributed by atoms with Gasteiger partial charge >= 0.3 is 6.18 Å². The molecule has 1 fully saturated rings. The van der Waals surface area contributed by atoms with E-state index in [1.807, 2.05) is 0 Å². The largest absolute Gasteiger partial charge is 0.490 e. The van der Waals surface area contributed by atoms with Gasteiger partial charge in [-0.3, -0.25) is 4.79 Å². The summed E-state index contributed by atoms with van der Waals surface area (Å²) in [5.41, 5.74) is 1.31. The van der Waals surface area contributed by atoms with Gasteiger partial charge in [-0.2, -0.15) is 13.2 Å². The molecule has 2 atom stereocenters. The van der Waals surface area contributed by atoms with Crippen molar-refractivity contribution in [3.63, 3.8) is 0 Å². The van der Waals surface area contributed by atoms with Crippen LogP contribution in [-0.2, 0) is 4.79 Å². The number of hydrogen-bond donors (Lipinski definition) is 1. The van der Waals surface area contributed by atoms with Crippen LogP contribution in [-0.4, -0.2) is 30.7 Å². The lowest BCUT2D eigenvalue weighted by Gasteiger charge is -2.19. The molecule has 2 aliphatic rings. The predicted molar refractivity (Wildman–Crippen MR) is 93.5 cm³/mol. The molecular formula is C20H18F4N2O2. The van der Waals surface area contributed by atoms with E-state index >= 15 is 0 Å². The van der Waals surface area contributed by atoms with Crippen molar-refractivity contribution in [3.05, 3.63) is 47.4 Å². The number of aromatic nitrogens is 1. The summed E-state index contributed by atoms with van der Waals surface area (Å²) in [7, 11) is 0. The van der Waals surface area contributed by atoms with E-state index in [1.54, 1.807) is 0 Å². The first kappa shape index (κ1) is 18.7. The van der Waals surface area contributed by atoms with E-state index in [0.29, 0.717) is 24.2 Å². The standard InChI is InChI=1S/C20H18F4N2O2/c21-13-5-3-12(4-6-13)18-19-14(16(9-28-19)20(22,23)24)7-17(26-18)15(8-25-10-27)11-1-2-11/h3-7,10-11,15-16H,1-2,8-9H2,(H,25,27). The summed E-state index contributed by atoms with van der Waals surface area (Å²) in [6.07, 6.45) is -1.99. The van der Waals surface area contributed by atoms with Crippen LogP contribution in [0.25, 0.3) is 11.3 Å². The van der Waals surface area contributed by atoms with Crippen LogP contribution in [0.1, 0.15) is 35.9 Å². The molecule has 4 rings (SSSR count). The van der Waals surface area contributed by atoms with Gasteiger partial charge in [0.25, 0.3) is 0 Å². The van der Waals surface area contributed by atoms with Gasteiger partial charge in [0.2, 0.25) is 6.41 Å². The van der Waals surface area contributed by atoms with Gasteiger partial charge in [0.1, 0.15) is 29.8 Å². The average Bonchev–Trinajstić information content (AvgIpc) is 3.38. The number of nitrogens with one attached hydrogen (secondary N) is 1. The average molecular weight is 394 g/mol. The molecule has 1 aliphatic heterocycles. The maximum Gasteiger partial charge on any atom is 0.399 e. The molecule has 1 amide bonds. The number of halogens is 4. The molecule has 0 radical (unpaired) electrons. The summed E-state index contributed by atoms with van der Waals surface area (Å²) < 4.78 is 59.3. The summed E-state index contributed by atoms with van der Waals surface area (Å²) in [5.74, 6) is -2.00. The minimum Gasteiger partial charge on any atom is -0.490 e. The second-order valence-corrected chi connectivity index (χ2v) is 7.20. The van der Waals surface area contributed by atoms with Crippen LogP contribution < -0.4 is 10.1 Å². The molecule has 2 unspecified atom stereocenters. The number of carbonyl (C=O) groups excluding carboxylic acids is 1. The minimum atomic E-state index is -4.44. The molecule has 0 saturated heterocycles. The SMILES string of the molecule is O=CNCC(c1cc2c(c(-c3ccc(F)cc3)n1)OCC2C(F)(F)F)C1CC1. The maximum atomic E-state index is 13.5. The molecule has 2 heterocycles. The Kier molecular flexibility index (Phi) is 4.72. The number of fused-ring (bicyclic) bond motifs is 1. The second kappa shape index (κ2) is 7.07. The van der Waals surface area contributed by atoms with Crippen LogP contribution in [0.4, 0.5) is 17.6 Å².